The van der Waals surface area contributed by atoms with Crippen LogP contribution in [0.4, 0.5) is 4.79 Å². The van der Waals surface area contributed by atoms with Gasteiger partial charge in [-0.2, -0.15) is 0 Å². The van der Waals surface area contributed by atoms with Crippen LogP contribution in [0.25, 0.3) is 0 Å². The topological polar surface area (TPSA) is 50.4 Å². The summed E-state index contributed by atoms with van der Waals surface area (Å²) in [6, 6.07) is 10.0. The highest BCUT2D eigenvalue weighted by Crippen LogP contribution is 2.48. The Morgan fingerprint density at radius 1 is 1.41 bits per heavy atom. The van der Waals surface area contributed by atoms with Gasteiger partial charge in [-0.15, -0.1) is 0 Å². The molecule has 1 aromatic rings. The van der Waals surface area contributed by atoms with Gasteiger partial charge in [0.25, 0.3) is 0 Å². The molecule has 1 saturated heterocycles. The zero-order valence-electron chi connectivity index (χ0n) is 9.61. The van der Waals surface area contributed by atoms with Crippen molar-refractivity contribution >= 4 is 6.09 Å². The Kier molecular flexibility index (Phi) is 2.52. The first-order chi connectivity index (χ1) is 8.28. The van der Waals surface area contributed by atoms with Crippen LogP contribution in [-0.2, 0) is 11.3 Å². The average molecular weight is 232 g/mol. The van der Waals surface area contributed by atoms with Crippen molar-refractivity contribution in [3.8, 4) is 0 Å². The smallest absolute Gasteiger partial charge is 0.407 e. The minimum absolute atomic E-state index is 0.303. The fourth-order valence-electron chi connectivity index (χ4n) is 2.30. The van der Waals surface area contributed by atoms with E-state index in [0.29, 0.717) is 18.1 Å². The molecule has 2 fully saturated rings. The van der Waals surface area contributed by atoms with Crippen molar-refractivity contribution in [2.24, 2.45) is 5.41 Å². The van der Waals surface area contributed by atoms with Gasteiger partial charge in [0.2, 0.25) is 0 Å². The second-order valence-corrected chi connectivity index (χ2v) is 4.93. The molecule has 3 rings (SSSR count). The first kappa shape index (κ1) is 10.6. The predicted octanol–water partition coefficient (Wildman–Crippen LogP) is 1.27. The summed E-state index contributed by atoms with van der Waals surface area (Å²) in [7, 11) is 0. The zero-order valence-corrected chi connectivity index (χ0v) is 9.61. The maximum Gasteiger partial charge on any atom is 0.407 e. The number of hydrogen-bond donors (Lipinski definition) is 2. The lowest BCUT2D eigenvalue weighted by Crippen LogP contribution is -2.49. The third-order valence-electron chi connectivity index (χ3n) is 3.65. The molecule has 90 valence electrons. The Labute approximate surface area is 100 Å². The minimum atomic E-state index is -0.303. The van der Waals surface area contributed by atoms with E-state index in [-0.39, 0.29) is 6.09 Å². The van der Waals surface area contributed by atoms with Gasteiger partial charge in [-0.3, -0.25) is 0 Å². The maximum atomic E-state index is 11.5. The fourth-order valence-corrected chi connectivity index (χ4v) is 2.30. The van der Waals surface area contributed by atoms with Crippen molar-refractivity contribution in [2.45, 2.75) is 19.1 Å². The van der Waals surface area contributed by atoms with Crippen LogP contribution in [0.5, 0.6) is 0 Å². The summed E-state index contributed by atoms with van der Waals surface area (Å²) in [6.45, 7) is 2.39. The lowest BCUT2D eigenvalue weighted by Gasteiger charge is -2.28. The molecule has 1 aliphatic carbocycles. The zero-order chi connectivity index (χ0) is 11.7. The van der Waals surface area contributed by atoms with Crippen LogP contribution in [0.3, 0.4) is 0 Å². The van der Waals surface area contributed by atoms with E-state index in [2.05, 4.69) is 10.6 Å². The highest BCUT2D eigenvalue weighted by Gasteiger charge is 2.58. The number of carbonyl (C=O) groups is 1. The average Bonchev–Trinajstić information content (AvgIpc) is 3.02. The SMILES string of the molecule is O=C(N[C@H]1CC12CNC2)OCc1ccccc1. The molecule has 1 atom stereocenters. The number of ether oxygens (including phenoxy) is 1. The van der Waals surface area contributed by atoms with Crippen molar-refractivity contribution < 1.29 is 9.53 Å². The molecule has 2 N–H and O–H groups in total. The summed E-state index contributed by atoms with van der Waals surface area (Å²) in [5.41, 5.74) is 1.37. The monoisotopic (exact) mass is 232 g/mol. The summed E-state index contributed by atoms with van der Waals surface area (Å²) in [6.07, 6.45) is 0.781. The molecule has 0 unspecified atom stereocenters. The van der Waals surface area contributed by atoms with E-state index < -0.39 is 0 Å². The van der Waals surface area contributed by atoms with Crippen molar-refractivity contribution in [1.29, 1.82) is 0 Å². The fraction of sp³-hybridized carbons (Fsp3) is 0.462. The minimum Gasteiger partial charge on any atom is -0.445 e. The molecular formula is C13H16N2O2. The summed E-state index contributed by atoms with van der Waals surface area (Å²) in [5.74, 6) is 0. The van der Waals surface area contributed by atoms with Gasteiger partial charge in [0.05, 0.1) is 0 Å². The number of carbonyl (C=O) groups excluding carboxylic acids is 1. The highest BCUT2D eigenvalue weighted by molar-refractivity contribution is 5.68. The van der Waals surface area contributed by atoms with E-state index in [1.165, 1.54) is 0 Å². The van der Waals surface area contributed by atoms with Gasteiger partial charge in [-0.05, 0) is 12.0 Å². The number of hydrogen-bond acceptors (Lipinski definition) is 3. The van der Waals surface area contributed by atoms with E-state index in [9.17, 15) is 4.79 Å². The Bertz CT molecular complexity index is 415. The number of rotatable bonds is 3. The van der Waals surface area contributed by atoms with E-state index in [1.54, 1.807) is 0 Å². The van der Waals surface area contributed by atoms with Gasteiger partial charge in [0.15, 0.2) is 0 Å². The molecule has 1 spiro atoms. The van der Waals surface area contributed by atoms with Crippen LogP contribution in [0.1, 0.15) is 12.0 Å². The second kappa shape index (κ2) is 4.04. The Morgan fingerprint density at radius 2 is 2.18 bits per heavy atom. The molecule has 4 nitrogen and oxygen atoms in total. The van der Waals surface area contributed by atoms with Crippen molar-refractivity contribution in [2.75, 3.05) is 13.1 Å². The Morgan fingerprint density at radius 3 is 2.76 bits per heavy atom. The molecule has 17 heavy (non-hydrogen) atoms. The third-order valence-corrected chi connectivity index (χ3v) is 3.65. The quantitative estimate of drug-likeness (QED) is 0.825. The van der Waals surface area contributed by atoms with Gasteiger partial charge in [0.1, 0.15) is 6.61 Å². The van der Waals surface area contributed by atoms with Crippen LogP contribution in [-0.4, -0.2) is 25.2 Å². The predicted molar refractivity (Wildman–Crippen MR) is 63.5 cm³/mol. The summed E-state index contributed by atoms with van der Waals surface area (Å²) in [4.78, 5) is 11.5. The molecule has 4 heteroatoms. The van der Waals surface area contributed by atoms with E-state index >= 15 is 0 Å². The summed E-state index contributed by atoms with van der Waals surface area (Å²) in [5, 5.41) is 6.15. The molecule has 1 amide bonds. The van der Waals surface area contributed by atoms with Crippen LogP contribution in [0.2, 0.25) is 0 Å². The van der Waals surface area contributed by atoms with Crippen LogP contribution in [0, 0.1) is 5.41 Å². The van der Waals surface area contributed by atoms with Crippen molar-refractivity contribution in [1.82, 2.24) is 10.6 Å². The van der Waals surface area contributed by atoms with Gasteiger partial charge < -0.3 is 15.4 Å². The summed E-state index contributed by atoms with van der Waals surface area (Å²) >= 11 is 0. The van der Waals surface area contributed by atoms with E-state index in [4.69, 9.17) is 4.74 Å². The molecule has 0 radical (unpaired) electrons. The Balaban J connectivity index is 1.42. The number of alkyl carbamates (subject to hydrolysis) is 1. The maximum absolute atomic E-state index is 11.5. The first-order valence-electron chi connectivity index (χ1n) is 5.96. The lowest BCUT2D eigenvalue weighted by molar-refractivity contribution is 0.136. The van der Waals surface area contributed by atoms with Gasteiger partial charge >= 0.3 is 6.09 Å². The van der Waals surface area contributed by atoms with Gasteiger partial charge in [0, 0.05) is 24.5 Å². The normalized spacial score (nSPS) is 23.9. The number of amides is 1. The molecular weight excluding hydrogens is 216 g/mol. The van der Waals surface area contributed by atoms with Crippen LogP contribution >= 0.6 is 0 Å². The Hall–Kier alpha value is -1.55. The van der Waals surface area contributed by atoms with E-state index in [0.717, 1.165) is 25.1 Å². The molecule has 0 bridgehead atoms. The van der Waals surface area contributed by atoms with Crippen molar-refractivity contribution in [3.05, 3.63) is 35.9 Å². The van der Waals surface area contributed by atoms with Crippen LogP contribution < -0.4 is 10.6 Å². The third kappa shape index (κ3) is 2.13. The van der Waals surface area contributed by atoms with E-state index in [1.807, 2.05) is 30.3 Å². The lowest BCUT2D eigenvalue weighted by atomic mass is 9.99. The molecule has 2 aliphatic rings. The largest absolute Gasteiger partial charge is 0.445 e. The highest BCUT2D eigenvalue weighted by atomic mass is 16.5. The van der Waals surface area contributed by atoms with Crippen LogP contribution in [0.15, 0.2) is 30.3 Å². The number of benzene rings is 1. The summed E-state index contributed by atoms with van der Waals surface area (Å²) < 4.78 is 5.17. The van der Waals surface area contributed by atoms with Gasteiger partial charge in [-0.1, -0.05) is 30.3 Å². The first-order valence-corrected chi connectivity index (χ1v) is 5.96. The molecule has 1 saturated carbocycles. The molecule has 0 aromatic heterocycles. The molecule has 1 aromatic carbocycles. The number of nitrogens with one attached hydrogen (secondary N) is 2. The molecule has 1 aliphatic heterocycles. The second-order valence-electron chi connectivity index (χ2n) is 4.93. The van der Waals surface area contributed by atoms with Gasteiger partial charge in [-0.25, -0.2) is 4.79 Å². The molecule has 1 heterocycles. The standard InChI is InChI=1S/C13H16N2O2/c16-12(15-11-6-13(11)8-14-9-13)17-7-10-4-2-1-3-5-10/h1-5,11,14H,6-9H2,(H,15,16)/t11-/m0/s1. The van der Waals surface area contributed by atoms with Crippen molar-refractivity contribution in [3.63, 3.8) is 0 Å².